The average molecular weight is 307 g/mol. The number of furan rings is 1. The predicted octanol–water partition coefficient (Wildman–Crippen LogP) is 3.21. The van der Waals surface area contributed by atoms with E-state index in [4.69, 9.17) is 13.9 Å². The van der Waals surface area contributed by atoms with Gasteiger partial charge in [-0.15, -0.1) is 0 Å². The molecule has 1 unspecified atom stereocenters. The van der Waals surface area contributed by atoms with Crippen molar-refractivity contribution in [1.82, 2.24) is 4.98 Å². The molecule has 0 aliphatic carbocycles. The monoisotopic (exact) mass is 307 g/mol. The fourth-order valence-corrected chi connectivity index (χ4v) is 2.91. The molecule has 0 spiro atoms. The maximum Gasteiger partial charge on any atom is 0.260 e. The summed E-state index contributed by atoms with van der Waals surface area (Å²) in [5.41, 5.74) is 1.88. The number of ether oxygens (including phenoxy) is 2. The van der Waals surface area contributed by atoms with Crippen molar-refractivity contribution in [2.24, 2.45) is 0 Å². The minimum Gasteiger partial charge on any atom is -0.491 e. The number of aromatic amines is 1. The number of nitrogens with one attached hydrogen (secondary N) is 1. The van der Waals surface area contributed by atoms with Crippen molar-refractivity contribution in [3.05, 3.63) is 52.8 Å². The van der Waals surface area contributed by atoms with Crippen LogP contribution in [-0.4, -0.2) is 24.3 Å². The zero-order chi connectivity index (χ0) is 15.4. The second kappa shape index (κ2) is 4.60. The Morgan fingerprint density at radius 1 is 1.17 bits per heavy atom. The van der Waals surface area contributed by atoms with E-state index in [0.29, 0.717) is 34.4 Å². The molecule has 5 rings (SSSR count). The van der Waals surface area contributed by atoms with E-state index < -0.39 is 0 Å². The molecule has 114 valence electrons. The Labute approximate surface area is 130 Å². The van der Waals surface area contributed by atoms with E-state index >= 15 is 0 Å². The molecule has 1 atom stereocenters. The van der Waals surface area contributed by atoms with Crippen LogP contribution in [0.3, 0.4) is 0 Å². The van der Waals surface area contributed by atoms with Gasteiger partial charge in [-0.1, -0.05) is 18.2 Å². The molecular weight excluding hydrogens is 294 g/mol. The van der Waals surface area contributed by atoms with Gasteiger partial charge in [0, 0.05) is 16.8 Å². The quantitative estimate of drug-likeness (QED) is 0.590. The molecule has 1 saturated heterocycles. The molecule has 2 aromatic heterocycles. The highest BCUT2D eigenvalue weighted by atomic mass is 16.6. The first-order valence-corrected chi connectivity index (χ1v) is 7.51. The number of epoxide rings is 1. The number of hydrogen-bond acceptors (Lipinski definition) is 4. The van der Waals surface area contributed by atoms with Gasteiger partial charge in [-0.3, -0.25) is 4.79 Å². The van der Waals surface area contributed by atoms with E-state index in [0.717, 1.165) is 17.4 Å². The third-order valence-corrected chi connectivity index (χ3v) is 4.14. The molecule has 0 saturated carbocycles. The van der Waals surface area contributed by atoms with E-state index in [9.17, 15) is 4.79 Å². The Hall–Kier alpha value is -2.79. The van der Waals surface area contributed by atoms with Crippen LogP contribution in [-0.2, 0) is 4.74 Å². The van der Waals surface area contributed by atoms with Crippen LogP contribution in [0, 0.1) is 0 Å². The van der Waals surface area contributed by atoms with Crippen LogP contribution in [0.2, 0.25) is 0 Å². The Balaban J connectivity index is 1.74. The summed E-state index contributed by atoms with van der Waals surface area (Å²) in [5.74, 6) is 0.708. The third kappa shape index (κ3) is 2.01. The van der Waals surface area contributed by atoms with Gasteiger partial charge in [-0.05, 0) is 18.2 Å². The van der Waals surface area contributed by atoms with Gasteiger partial charge < -0.3 is 18.9 Å². The van der Waals surface area contributed by atoms with Crippen LogP contribution < -0.4 is 10.3 Å². The summed E-state index contributed by atoms with van der Waals surface area (Å²) in [4.78, 5) is 15.4. The van der Waals surface area contributed by atoms with Crippen molar-refractivity contribution in [2.75, 3.05) is 13.2 Å². The van der Waals surface area contributed by atoms with E-state index in [1.165, 1.54) is 0 Å². The second-order valence-electron chi connectivity index (χ2n) is 5.73. The van der Waals surface area contributed by atoms with Gasteiger partial charge in [0.15, 0.2) is 0 Å². The number of H-pyrrole nitrogens is 1. The molecule has 23 heavy (non-hydrogen) atoms. The third-order valence-electron chi connectivity index (χ3n) is 4.14. The summed E-state index contributed by atoms with van der Waals surface area (Å²) in [6.45, 7) is 1.28. The van der Waals surface area contributed by atoms with Crippen LogP contribution in [0.4, 0.5) is 0 Å². The van der Waals surface area contributed by atoms with Crippen LogP contribution in [0.15, 0.2) is 51.7 Å². The van der Waals surface area contributed by atoms with Gasteiger partial charge in [0.25, 0.3) is 5.56 Å². The summed E-state index contributed by atoms with van der Waals surface area (Å²) in [7, 11) is 0. The van der Waals surface area contributed by atoms with Crippen molar-refractivity contribution < 1.29 is 13.9 Å². The second-order valence-corrected chi connectivity index (χ2v) is 5.73. The fraction of sp³-hybridized carbons (Fsp3) is 0.167. The van der Waals surface area contributed by atoms with Crippen LogP contribution >= 0.6 is 0 Å². The molecule has 2 aromatic carbocycles. The minimum absolute atomic E-state index is 0.153. The number of rotatable bonds is 3. The molecule has 1 N–H and O–H groups in total. The van der Waals surface area contributed by atoms with E-state index in [1.807, 2.05) is 42.5 Å². The van der Waals surface area contributed by atoms with Crippen LogP contribution in [0.1, 0.15) is 0 Å². The number of hydrogen-bond donors (Lipinski definition) is 1. The maximum atomic E-state index is 12.5. The summed E-state index contributed by atoms with van der Waals surface area (Å²) in [5, 5.41) is 2.29. The lowest BCUT2D eigenvalue weighted by Crippen LogP contribution is -2.06. The lowest BCUT2D eigenvalue weighted by molar-refractivity contribution is 0.263. The normalized spacial score (nSPS) is 17.1. The zero-order valence-corrected chi connectivity index (χ0v) is 12.2. The fourth-order valence-electron chi connectivity index (χ4n) is 2.91. The summed E-state index contributed by atoms with van der Waals surface area (Å²) in [6.07, 6.45) is 0.197. The van der Waals surface area contributed by atoms with Crippen molar-refractivity contribution in [3.8, 4) is 5.75 Å². The summed E-state index contributed by atoms with van der Waals surface area (Å²) >= 11 is 0. The summed E-state index contributed by atoms with van der Waals surface area (Å²) < 4.78 is 16.7. The highest BCUT2D eigenvalue weighted by molar-refractivity contribution is 6.13. The van der Waals surface area contributed by atoms with Crippen LogP contribution in [0.5, 0.6) is 5.75 Å². The lowest BCUT2D eigenvalue weighted by Gasteiger charge is -2.05. The highest BCUT2D eigenvalue weighted by Gasteiger charge is 2.23. The summed E-state index contributed by atoms with van der Waals surface area (Å²) in [6, 6.07) is 13.2. The molecule has 1 aliphatic heterocycles. The topological polar surface area (TPSA) is 67.8 Å². The minimum atomic E-state index is -0.153. The molecule has 3 heterocycles. The highest BCUT2D eigenvalue weighted by Crippen LogP contribution is 2.31. The van der Waals surface area contributed by atoms with Crippen molar-refractivity contribution >= 4 is 32.8 Å². The zero-order valence-electron chi connectivity index (χ0n) is 12.2. The SMILES string of the molecule is O=c1[nH]c2cc(OCC3CO3)ccc2c2oc3ccccc3c12. The lowest BCUT2D eigenvalue weighted by atomic mass is 10.1. The smallest absolute Gasteiger partial charge is 0.260 e. The molecular formula is C18H13NO4. The molecule has 0 bridgehead atoms. The first-order valence-electron chi connectivity index (χ1n) is 7.51. The van der Waals surface area contributed by atoms with Gasteiger partial charge in [-0.25, -0.2) is 0 Å². The number of fused-ring (bicyclic) bond motifs is 5. The number of benzene rings is 2. The predicted molar refractivity (Wildman–Crippen MR) is 87.1 cm³/mol. The molecule has 5 heteroatoms. The van der Waals surface area contributed by atoms with E-state index in [1.54, 1.807) is 0 Å². The van der Waals surface area contributed by atoms with Gasteiger partial charge >= 0.3 is 0 Å². The molecule has 5 nitrogen and oxygen atoms in total. The van der Waals surface area contributed by atoms with Crippen molar-refractivity contribution in [3.63, 3.8) is 0 Å². The Kier molecular flexibility index (Phi) is 2.55. The molecule has 0 amide bonds. The van der Waals surface area contributed by atoms with Crippen LogP contribution in [0.25, 0.3) is 32.8 Å². The standard InChI is InChI=1S/C18H13NO4/c20-18-16-13-3-1-2-4-15(13)23-17(16)12-6-5-10(7-14(12)19-18)21-8-11-9-22-11/h1-7,11H,8-9H2,(H,19,20). The average Bonchev–Trinajstić information content (AvgIpc) is 3.30. The Morgan fingerprint density at radius 3 is 2.91 bits per heavy atom. The molecule has 1 fully saturated rings. The molecule has 1 aliphatic rings. The van der Waals surface area contributed by atoms with Gasteiger partial charge in [0.1, 0.15) is 29.6 Å². The van der Waals surface area contributed by atoms with E-state index in [2.05, 4.69) is 4.98 Å². The first-order chi connectivity index (χ1) is 11.3. The molecule has 0 radical (unpaired) electrons. The Morgan fingerprint density at radius 2 is 2.04 bits per heavy atom. The largest absolute Gasteiger partial charge is 0.491 e. The Bertz CT molecular complexity index is 1100. The van der Waals surface area contributed by atoms with Crippen molar-refractivity contribution in [1.29, 1.82) is 0 Å². The maximum absolute atomic E-state index is 12.5. The van der Waals surface area contributed by atoms with Gasteiger partial charge in [0.2, 0.25) is 0 Å². The molecule has 4 aromatic rings. The first kappa shape index (κ1) is 12.7. The van der Waals surface area contributed by atoms with Crippen molar-refractivity contribution in [2.45, 2.75) is 6.10 Å². The van der Waals surface area contributed by atoms with E-state index in [-0.39, 0.29) is 11.7 Å². The van der Waals surface area contributed by atoms with Gasteiger partial charge in [0.05, 0.1) is 17.5 Å². The number of pyridine rings is 1. The van der Waals surface area contributed by atoms with Gasteiger partial charge in [-0.2, -0.15) is 0 Å². The number of aromatic nitrogens is 1. The number of para-hydroxylation sites is 1.